The summed E-state index contributed by atoms with van der Waals surface area (Å²) in [6, 6.07) is 13.0. The third-order valence-corrected chi connectivity index (χ3v) is 5.60. The van der Waals surface area contributed by atoms with Gasteiger partial charge in [0.25, 0.3) is 0 Å². The predicted molar refractivity (Wildman–Crippen MR) is 115 cm³/mol. The van der Waals surface area contributed by atoms with Crippen molar-refractivity contribution < 1.29 is 4.39 Å². The maximum absolute atomic E-state index is 14.2. The van der Waals surface area contributed by atoms with Crippen molar-refractivity contribution in [2.75, 3.05) is 13.1 Å². The number of rotatable bonds is 4. The molecule has 0 radical (unpaired) electrons. The number of aromatic nitrogens is 4. The molecule has 150 valence electrons. The molecular weight excluding hydrogens is 377 g/mol. The summed E-state index contributed by atoms with van der Waals surface area (Å²) in [6.07, 6.45) is 11.6. The first-order valence-electron chi connectivity index (χ1n) is 10.2. The Labute approximate surface area is 174 Å². The highest BCUT2D eigenvalue weighted by Gasteiger charge is 2.16. The normalized spacial score (nSPS) is 14.7. The van der Waals surface area contributed by atoms with Crippen molar-refractivity contribution in [1.82, 2.24) is 25.1 Å². The van der Waals surface area contributed by atoms with Gasteiger partial charge >= 0.3 is 0 Å². The molecule has 1 aromatic carbocycles. The summed E-state index contributed by atoms with van der Waals surface area (Å²) >= 11 is 0. The molecule has 1 aliphatic heterocycles. The van der Waals surface area contributed by atoms with Crippen molar-refractivity contribution >= 4 is 0 Å². The first-order chi connectivity index (χ1) is 14.8. The second kappa shape index (κ2) is 8.16. The number of nitrogens with one attached hydrogen (secondary N) is 1. The molecule has 0 atom stereocenters. The maximum atomic E-state index is 14.2. The van der Waals surface area contributed by atoms with Gasteiger partial charge in [0.15, 0.2) is 0 Å². The van der Waals surface area contributed by atoms with Gasteiger partial charge in [0.1, 0.15) is 5.82 Å². The van der Waals surface area contributed by atoms with Crippen molar-refractivity contribution in [3.63, 3.8) is 0 Å². The lowest BCUT2D eigenvalue weighted by Crippen LogP contribution is -2.29. The quantitative estimate of drug-likeness (QED) is 0.539. The first kappa shape index (κ1) is 18.6. The van der Waals surface area contributed by atoms with E-state index in [1.165, 1.54) is 6.07 Å². The second-order valence-corrected chi connectivity index (χ2v) is 7.56. The zero-order chi connectivity index (χ0) is 20.3. The Kier molecular flexibility index (Phi) is 5.07. The van der Waals surface area contributed by atoms with E-state index in [-0.39, 0.29) is 5.82 Å². The molecule has 6 heteroatoms. The molecule has 4 heterocycles. The molecule has 5 rings (SSSR count). The molecule has 5 nitrogen and oxygen atoms in total. The lowest BCUT2D eigenvalue weighted by atomic mass is 10.0. The average Bonchev–Trinajstić information content (AvgIpc) is 3.31. The topological polar surface area (TPSA) is 55.6 Å². The number of benzene rings is 1. The van der Waals surface area contributed by atoms with E-state index in [2.05, 4.69) is 37.3 Å². The molecule has 0 amide bonds. The molecule has 4 aromatic rings. The molecule has 1 aliphatic rings. The van der Waals surface area contributed by atoms with Gasteiger partial charge in [-0.2, -0.15) is 5.10 Å². The fourth-order valence-corrected chi connectivity index (χ4v) is 3.94. The molecule has 0 bridgehead atoms. The SMILES string of the molecule is Fc1ccccc1-c1cc(-c2cncc(-c3cnn(C4CCNCC4)c3)c2)ccn1. The summed E-state index contributed by atoms with van der Waals surface area (Å²) in [6.45, 7) is 2.06. The highest BCUT2D eigenvalue weighted by atomic mass is 19.1. The summed E-state index contributed by atoms with van der Waals surface area (Å²) in [4.78, 5) is 8.79. The molecule has 1 fully saturated rings. The summed E-state index contributed by atoms with van der Waals surface area (Å²) in [7, 11) is 0. The van der Waals surface area contributed by atoms with Crippen molar-refractivity contribution in [2.24, 2.45) is 0 Å². The largest absolute Gasteiger partial charge is 0.317 e. The number of hydrogen-bond acceptors (Lipinski definition) is 4. The Balaban J connectivity index is 1.45. The lowest BCUT2D eigenvalue weighted by molar-refractivity contribution is 0.343. The van der Waals surface area contributed by atoms with Crippen LogP contribution in [0.2, 0.25) is 0 Å². The third kappa shape index (κ3) is 3.74. The molecule has 0 saturated carbocycles. The van der Waals surface area contributed by atoms with Gasteiger partial charge < -0.3 is 5.32 Å². The number of hydrogen-bond donors (Lipinski definition) is 1. The van der Waals surface area contributed by atoms with Gasteiger partial charge in [-0.15, -0.1) is 0 Å². The van der Waals surface area contributed by atoms with Crippen LogP contribution in [0.5, 0.6) is 0 Å². The number of pyridine rings is 2. The number of halogens is 1. The predicted octanol–water partition coefficient (Wildman–Crippen LogP) is 4.74. The van der Waals surface area contributed by atoms with E-state index in [9.17, 15) is 4.39 Å². The highest BCUT2D eigenvalue weighted by molar-refractivity contribution is 5.74. The number of piperidine rings is 1. The maximum Gasteiger partial charge on any atom is 0.132 e. The van der Waals surface area contributed by atoms with Crippen LogP contribution in [0.4, 0.5) is 4.39 Å². The lowest BCUT2D eigenvalue weighted by Gasteiger charge is -2.22. The van der Waals surface area contributed by atoms with Crippen LogP contribution in [0.1, 0.15) is 18.9 Å². The van der Waals surface area contributed by atoms with Crippen molar-refractivity contribution in [3.8, 4) is 33.5 Å². The van der Waals surface area contributed by atoms with E-state index in [0.717, 1.165) is 48.2 Å². The van der Waals surface area contributed by atoms with Crippen molar-refractivity contribution in [2.45, 2.75) is 18.9 Å². The Morgan fingerprint density at radius 3 is 2.53 bits per heavy atom. The molecule has 1 N–H and O–H groups in total. The van der Waals surface area contributed by atoms with Gasteiger partial charge in [0.2, 0.25) is 0 Å². The molecular formula is C24H22FN5. The minimum Gasteiger partial charge on any atom is -0.317 e. The van der Waals surface area contributed by atoms with Crippen LogP contribution >= 0.6 is 0 Å². The minimum absolute atomic E-state index is 0.278. The van der Waals surface area contributed by atoms with E-state index < -0.39 is 0 Å². The van der Waals surface area contributed by atoms with Gasteiger partial charge in [-0.1, -0.05) is 12.1 Å². The van der Waals surface area contributed by atoms with Gasteiger partial charge in [0.05, 0.1) is 17.9 Å². The molecule has 0 spiro atoms. The molecule has 0 aliphatic carbocycles. The van der Waals surface area contributed by atoms with Crippen LogP contribution in [0, 0.1) is 5.82 Å². The van der Waals surface area contributed by atoms with Gasteiger partial charge in [-0.05, 0) is 61.8 Å². The van der Waals surface area contributed by atoms with Crippen LogP contribution in [-0.4, -0.2) is 32.8 Å². The highest BCUT2D eigenvalue weighted by Crippen LogP contribution is 2.29. The summed E-state index contributed by atoms with van der Waals surface area (Å²) < 4.78 is 16.3. The van der Waals surface area contributed by atoms with Gasteiger partial charge in [-0.3, -0.25) is 14.6 Å². The zero-order valence-electron chi connectivity index (χ0n) is 16.5. The Hall–Kier alpha value is -3.38. The second-order valence-electron chi connectivity index (χ2n) is 7.56. The summed E-state index contributed by atoms with van der Waals surface area (Å²) in [5, 5.41) is 7.98. The molecule has 30 heavy (non-hydrogen) atoms. The first-order valence-corrected chi connectivity index (χ1v) is 10.2. The monoisotopic (exact) mass is 399 g/mol. The van der Waals surface area contributed by atoms with E-state index in [1.54, 1.807) is 18.3 Å². The smallest absolute Gasteiger partial charge is 0.132 e. The Morgan fingerprint density at radius 1 is 0.900 bits per heavy atom. The fraction of sp³-hybridized carbons (Fsp3) is 0.208. The van der Waals surface area contributed by atoms with E-state index in [1.807, 2.05) is 36.8 Å². The standard InChI is InChI=1S/C24H22FN5/c25-23-4-2-1-3-22(23)24-12-17(5-10-28-24)18-11-19(14-27-13-18)20-15-29-30(16-20)21-6-8-26-9-7-21/h1-5,10-16,21,26H,6-9H2. The van der Waals surface area contributed by atoms with Crippen molar-refractivity contribution in [1.29, 1.82) is 0 Å². The minimum atomic E-state index is -0.278. The van der Waals surface area contributed by atoms with Crippen LogP contribution in [0.15, 0.2) is 73.4 Å². The Bertz CT molecular complexity index is 1160. The molecule has 0 unspecified atom stereocenters. The summed E-state index contributed by atoms with van der Waals surface area (Å²) in [5.41, 5.74) is 5.06. The van der Waals surface area contributed by atoms with Gasteiger partial charge in [0, 0.05) is 47.0 Å². The van der Waals surface area contributed by atoms with Crippen LogP contribution in [0.3, 0.4) is 0 Å². The Morgan fingerprint density at radius 2 is 1.70 bits per heavy atom. The van der Waals surface area contributed by atoms with E-state index >= 15 is 0 Å². The van der Waals surface area contributed by atoms with Crippen molar-refractivity contribution in [3.05, 3.63) is 79.3 Å². The molecule has 1 saturated heterocycles. The van der Waals surface area contributed by atoms with E-state index in [4.69, 9.17) is 0 Å². The van der Waals surface area contributed by atoms with Gasteiger partial charge in [-0.25, -0.2) is 4.39 Å². The van der Waals surface area contributed by atoms with Crippen LogP contribution in [0.25, 0.3) is 33.5 Å². The molecule has 3 aromatic heterocycles. The van der Waals surface area contributed by atoms with Crippen LogP contribution < -0.4 is 5.32 Å². The average molecular weight is 399 g/mol. The number of nitrogens with zero attached hydrogens (tertiary/aromatic N) is 4. The third-order valence-electron chi connectivity index (χ3n) is 5.60. The summed E-state index contributed by atoms with van der Waals surface area (Å²) in [5.74, 6) is -0.278. The zero-order valence-corrected chi connectivity index (χ0v) is 16.5. The fourth-order valence-electron chi connectivity index (χ4n) is 3.94. The van der Waals surface area contributed by atoms with E-state index in [0.29, 0.717) is 17.3 Å². The van der Waals surface area contributed by atoms with Crippen LogP contribution in [-0.2, 0) is 0 Å².